The Morgan fingerprint density at radius 1 is 1.20 bits per heavy atom. The van der Waals surface area contributed by atoms with Gasteiger partial charge in [0.15, 0.2) is 5.78 Å². The predicted octanol–water partition coefficient (Wildman–Crippen LogP) is 2.29. The van der Waals surface area contributed by atoms with E-state index >= 15 is 0 Å². The number of fused-ring (bicyclic) bond motifs is 2. The molecule has 0 aromatic heterocycles. The Morgan fingerprint density at radius 3 is 2.93 bits per heavy atom. The van der Waals surface area contributed by atoms with Crippen LogP contribution in [0.25, 0.3) is 0 Å². The number of carbonyl (C=O) groups excluding carboxylic acids is 2. The smallest absolute Gasteiger partial charge is 0.256 e. The number of carbonyl (C=O) groups is 2. The number of ketones is 1. The van der Waals surface area contributed by atoms with E-state index in [-0.39, 0.29) is 42.1 Å². The van der Waals surface area contributed by atoms with Crippen LogP contribution in [0.3, 0.4) is 0 Å². The Hall–Kier alpha value is -3.29. The standard InChI is InChI=1S/C22H21FN2O5/c23-18-7-21-19(24-8-15(26)12-30-21)6-17(18)22(27)25-9-13(10-25)11-29-16-1-2-20-14(5-16)3-4-28-20/h1-2,5-7,13,24H,3-4,8-12H2. The van der Waals surface area contributed by atoms with Gasteiger partial charge >= 0.3 is 0 Å². The average molecular weight is 412 g/mol. The number of halogens is 1. The second-order valence-electron chi connectivity index (χ2n) is 7.76. The van der Waals surface area contributed by atoms with Gasteiger partial charge in [-0.25, -0.2) is 4.39 Å². The summed E-state index contributed by atoms with van der Waals surface area (Å²) >= 11 is 0. The number of likely N-dealkylation sites (tertiary alicyclic amines) is 1. The third kappa shape index (κ3) is 3.53. The summed E-state index contributed by atoms with van der Waals surface area (Å²) in [7, 11) is 0. The average Bonchev–Trinajstić information content (AvgIpc) is 3.10. The highest BCUT2D eigenvalue weighted by Crippen LogP contribution is 2.32. The van der Waals surface area contributed by atoms with Gasteiger partial charge in [0.05, 0.1) is 31.0 Å². The second kappa shape index (κ2) is 7.51. The third-order valence-electron chi connectivity index (χ3n) is 5.56. The molecule has 0 unspecified atom stereocenters. The van der Waals surface area contributed by atoms with Gasteiger partial charge in [-0.15, -0.1) is 0 Å². The van der Waals surface area contributed by atoms with E-state index in [1.54, 1.807) is 4.90 Å². The molecule has 0 saturated carbocycles. The quantitative estimate of drug-likeness (QED) is 0.831. The van der Waals surface area contributed by atoms with Crippen LogP contribution in [0.5, 0.6) is 17.2 Å². The topological polar surface area (TPSA) is 77.1 Å². The number of nitrogens with zero attached hydrogens (tertiary/aromatic N) is 1. The van der Waals surface area contributed by atoms with E-state index in [1.807, 2.05) is 18.2 Å². The lowest BCUT2D eigenvalue weighted by Gasteiger charge is -2.39. The Kier molecular flexibility index (Phi) is 4.69. The molecule has 1 fully saturated rings. The zero-order chi connectivity index (χ0) is 20.7. The maximum atomic E-state index is 14.5. The van der Waals surface area contributed by atoms with Crippen LogP contribution in [-0.2, 0) is 11.2 Å². The molecule has 0 atom stereocenters. The van der Waals surface area contributed by atoms with Gasteiger partial charge in [0.25, 0.3) is 5.91 Å². The first-order valence-corrected chi connectivity index (χ1v) is 9.96. The molecule has 3 aliphatic heterocycles. The summed E-state index contributed by atoms with van der Waals surface area (Å²) in [4.78, 5) is 25.8. The summed E-state index contributed by atoms with van der Waals surface area (Å²) in [5.41, 5.74) is 1.57. The van der Waals surface area contributed by atoms with Gasteiger partial charge in [-0.3, -0.25) is 9.59 Å². The van der Waals surface area contributed by atoms with E-state index in [0.29, 0.717) is 32.0 Å². The van der Waals surface area contributed by atoms with E-state index in [1.165, 1.54) is 6.07 Å². The molecular formula is C22H21FN2O5. The first kappa shape index (κ1) is 18.7. The number of anilines is 1. The number of hydrogen-bond acceptors (Lipinski definition) is 6. The molecule has 1 saturated heterocycles. The van der Waals surface area contributed by atoms with Gasteiger partial charge in [-0.1, -0.05) is 0 Å². The van der Waals surface area contributed by atoms with Crippen LogP contribution in [0.1, 0.15) is 15.9 Å². The summed E-state index contributed by atoms with van der Waals surface area (Å²) in [6.45, 7) is 2.18. The molecular weight excluding hydrogens is 391 g/mol. The third-order valence-corrected chi connectivity index (χ3v) is 5.56. The van der Waals surface area contributed by atoms with Crippen molar-refractivity contribution in [3.05, 3.63) is 47.3 Å². The number of ether oxygens (including phenoxy) is 3. The normalized spacial score (nSPS) is 17.6. The second-order valence-corrected chi connectivity index (χ2v) is 7.76. The Morgan fingerprint density at radius 2 is 2.07 bits per heavy atom. The molecule has 1 amide bonds. The van der Waals surface area contributed by atoms with E-state index in [9.17, 15) is 14.0 Å². The van der Waals surface area contributed by atoms with Gasteiger partial charge in [0, 0.05) is 37.1 Å². The van der Waals surface area contributed by atoms with Crippen LogP contribution < -0.4 is 19.5 Å². The summed E-state index contributed by atoms with van der Waals surface area (Å²) in [5.74, 6) is 0.969. The Bertz CT molecular complexity index is 1020. The van der Waals surface area contributed by atoms with Crippen molar-refractivity contribution in [1.82, 2.24) is 4.90 Å². The number of rotatable bonds is 4. The summed E-state index contributed by atoms with van der Waals surface area (Å²) < 4.78 is 31.1. The molecule has 30 heavy (non-hydrogen) atoms. The van der Waals surface area contributed by atoms with Crippen molar-refractivity contribution in [1.29, 1.82) is 0 Å². The molecule has 0 aliphatic carbocycles. The monoisotopic (exact) mass is 412 g/mol. The molecule has 5 rings (SSSR count). The minimum Gasteiger partial charge on any atom is -0.493 e. The largest absolute Gasteiger partial charge is 0.493 e. The minimum absolute atomic E-state index is 0.0304. The molecule has 0 spiro atoms. The fourth-order valence-corrected chi connectivity index (χ4v) is 3.86. The summed E-state index contributed by atoms with van der Waals surface area (Å²) in [5, 5.41) is 2.90. The Labute approximate surface area is 172 Å². The summed E-state index contributed by atoms with van der Waals surface area (Å²) in [6, 6.07) is 8.38. The lowest BCUT2D eigenvalue weighted by atomic mass is 9.99. The van der Waals surface area contributed by atoms with E-state index in [0.717, 1.165) is 29.5 Å². The van der Waals surface area contributed by atoms with Crippen LogP contribution in [0.2, 0.25) is 0 Å². The van der Waals surface area contributed by atoms with Crippen molar-refractivity contribution >= 4 is 17.4 Å². The predicted molar refractivity (Wildman–Crippen MR) is 106 cm³/mol. The molecule has 1 N–H and O–H groups in total. The van der Waals surface area contributed by atoms with Crippen LogP contribution in [0, 0.1) is 11.7 Å². The fraction of sp³-hybridized carbons (Fsp3) is 0.364. The highest BCUT2D eigenvalue weighted by molar-refractivity contribution is 5.97. The molecule has 3 heterocycles. The molecule has 0 bridgehead atoms. The van der Waals surface area contributed by atoms with Crippen LogP contribution in [0.4, 0.5) is 10.1 Å². The molecule has 2 aromatic carbocycles. The van der Waals surface area contributed by atoms with Crippen molar-refractivity contribution in [2.24, 2.45) is 5.92 Å². The van der Waals surface area contributed by atoms with Gasteiger partial charge < -0.3 is 24.4 Å². The van der Waals surface area contributed by atoms with Gasteiger partial charge in [0.1, 0.15) is 29.7 Å². The zero-order valence-corrected chi connectivity index (χ0v) is 16.3. The molecule has 7 nitrogen and oxygen atoms in total. The number of amides is 1. The van der Waals surface area contributed by atoms with Gasteiger partial charge in [0.2, 0.25) is 0 Å². The van der Waals surface area contributed by atoms with Crippen LogP contribution in [0.15, 0.2) is 30.3 Å². The maximum Gasteiger partial charge on any atom is 0.256 e. The van der Waals surface area contributed by atoms with E-state index < -0.39 is 5.82 Å². The zero-order valence-electron chi connectivity index (χ0n) is 16.3. The van der Waals surface area contributed by atoms with E-state index in [4.69, 9.17) is 14.2 Å². The number of hydrogen-bond donors (Lipinski definition) is 1. The lowest BCUT2D eigenvalue weighted by molar-refractivity contribution is -0.119. The van der Waals surface area contributed by atoms with Crippen molar-refractivity contribution in [3.63, 3.8) is 0 Å². The number of nitrogens with one attached hydrogen (secondary N) is 1. The van der Waals surface area contributed by atoms with Crippen molar-refractivity contribution in [3.8, 4) is 17.2 Å². The molecule has 3 aliphatic rings. The highest BCUT2D eigenvalue weighted by atomic mass is 19.1. The van der Waals surface area contributed by atoms with Gasteiger partial charge in [-0.05, 0) is 24.3 Å². The summed E-state index contributed by atoms with van der Waals surface area (Å²) in [6.07, 6.45) is 0.888. The van der Waals surface area contributed by atoms with Crippen molar-refractivity contribution < 1.29 is 28.2 Å². The minimum atomic E-state index is -0.657. The first-order valence-electron chi connectivity index (χ1n) is 9.96. The van der Waals surface area contributed by atoms with Crippen LogP contribution in [-0.4, -0.2) is 56.0 Å². The van der Waals surface area contributed by atoms with Crippen molar-refractivity contribution in [2.75, 3.05) is 44.8 Å². The lowest BCUT2D eigenvalue weighted by Crippen LogP contribution is -2.52. The molecule has 0 radical (unpaired) electrons. The van der Waals surface area contributed by atoms with Crippen LogP contribution >= 0.6 is 0 Å². The molecule has 8 heteroatoms. The van der Waals surface area contributed by atoms with E-state index in [2.05, 4.69) is 5.32 Å². The fourth-order valence-electron chi connectivity index (χ4n) is 3.86. The van der Waals surface area contributed by atoms with Crippen molar-refractivity contribution in [2.45, 2.75) is 6.42 Å². The highest BCUT2D eigenvalue weighted by Gasteiger charge is 2.33. The van der Waals surface area contributed by atoms with Gasteiger partial charge in [-0.2, -0.15) is 0 Å². The molecule has 156 valence electrons. The number of Topliss-reactive ketones (excluding diaryl/α,β-unsaturated/α-hetero) is 1. The molecule has 2 aromatic rings. The Balaban J connectivity index is 1.18. The maximum absolute atomic E-state index is 14.5. The number of benzene rings is 2. The first-order chi connectivity index (χ1) is 14.6. The SMILES string of the molecule is O=C1CNc2cc(C(=O)N3CC(COc4ccc5c(c4)CCO5)C3)c(F)cc2OC1.